The van der Waals surface area contributed by atoms with Crippen LogP contribution in [0.4, 0.5) is 0 Å². The van der Waals surface area contributed by atoms with Crippen molar-refractivity contribution in [2.24, 2.45) is 0 Å². The monoisotopic (exact) mass is 172 g/mol. The van der Waals surface area contributed by atoms with Crippen LogP contribution in [0.3, 0.4) is 0 Å². The van der Waals surface area contributed by atoms with Gasteiger partial charge in [0, 0.05) is 6.61 Å². The zero-order chi connectivity index (χ0) is 8.67. The van der Waals surface area contributed by atoms with Gasteiger partial charge in [-0.05, 0) is 29.6 Å². The molecule has 0 aromatic carbocycles. The van der Waals surface area contributed by atoms with Crippen molar-refractivity contribution in [2.45, 2.75) is 18.9 Å². The normalized spacial score (nSPS) is 30.2. The van der Waals surface area contributed by atoms with Crippen molar-refractivity contribution < 1.29 is 4.74 Å². The Morgan fingerprint density at radius 2 is 2.31 bits per heavy atom. The van der Waals surface area contributed by atoms with E-state index in [0.29, 0.717) is 0 Å². The van der Waals surface area contributed by atoms with Gasteiger partial charge in [0.25, 0.3) is 0 Å². The molecule has 13 heavy (non-hydrogen) atoms. The minimum absolute atomic E-state index is 0.267. The molecule has 0 N–H and O–H groups in total. The molecule has 0 saturated carbocycles. The lowest BCUT2D eigenvalue weighted by molar-refractivity contribution is 0.0810. The Morgan fingerprint density at radius 3 is 3.31 bits per heavy atom. The molecule has 0 aromatic heterocycles. The van der Waals surface area contributed by atoms with Gasteiger partial charge < -0.3 is 4.74 Å². The van der Waals surface area contributed by atoms with Gasteiger partial charge in [-0.1, -0.05) is 30.4 Å². The summed E-state index contributed by atoms with van der Waals surface area (Å²) in [5.74, 6) is 0. The van der Waals surface area contributed by atoms with Gasteiger partial charge in [-0.25, -0.2) is 0 Å². The summed E-state index contributed by atoms with van der Waals surface area (Å²) in [6.07, 6.45) is 13.5. The molecule has 0 spiro atoms. The fourth-order valence-electron chi connectivity index (χ4n) is 2.24. The van der Waals surface area contributed by atoms with Gasteiger partial charge >= 0.3 is 0 Å². The van der Waals surface area contributed by atoms with Gasteiger partial charge in [0.1, 0.15) is 0 Å². The molecule has 1 heteroatoms. The van der Waals surface area contributed by atoms with Crippen LogP contribution >= 0.6 is 0 Å². The highest BCUT2D eigenvalue weighted by atomic mass is 16.5. The minimum Gasteiger partial charge on any atom is -0.370 e. The zero-order valence-corrected chi connectivity index (χ0v) is 7.49. The van der Waals surface area contributed by atoms with E-state index < -0.39 is 0 Å². The second kappa shape index (κ2) is 2.71. The number of hydrogen-bond donors (Lipinski definition) is 0. The molecule has 0 amide bonds. The second-order valence-electron chi connectivity index (χ2n) is 3.67. The molecule has 0 radical (unpaired) electrons. The van der Waals surface area contributed by atoms with E-state index in [9.17, 15) is 0 Å². The van der Waals surface area contributed by atoms with Crippen LogP contribution in [0.5, 0.6) is 0 Å². The summed E-state index contributed by atoms with van der Waals surface area (Å²) in [6.45, 7) is 0.911. The first kappa shape index (κ1) is 7.34. The second-order valence-corrected chi connectivity index (χ2v) is 3.67. The Balaban J connectivity index is 2.08. The SMILES string of the molecule is C1=CC2=C3CCCOC3C=CC2=C1. The lowest BCUT2D eigenvalue weighted by Gasteiger charge is -2.28. The van der Waals surface area contributed by atoms with Crippen molar-refractivity contribution in [2.75, 3.05) is 6.61 Å². The van der Waals surface area contributed by atoms with Crippen molar-refractivity contribution in [3.8, 4) is 0 Å². The van der Waals surface area contributed by atoms with E-state index in [2.05, 4.69) is 30.4 Å². The average molecular weight is 172 g/mol. The summed E-state index contributed by atoms with van der Waals surface area (Å²) in [5, 5.41) is 0. The van der Waals surface area contributed by atoms with E-state index in [-0.39, 0.29) is 6.10 Å². The van der Waals surface area contributed by atoms with E-state index >= 15 is 0 Å². The minimum atomic E-state index is 0.267. The van der Waals surface area contributed by atoms with Crippen molar-refractivity contribution in [1.82, 2.24) is 0 Å². The van der Waals surface area contributed by atoms with Crippen LogP contribution in [-0.2, 0) is 4.74 Å². The number of hydrogen-bond acceptors (Lipinski definition) is 1. The van der Waals surface area contributed by atoms with Crippen LogP contribution in [-0.4, -0.2) is 12.7 Å². The molecule has 1 fully saturated rings. The highest BCUT2D eigenvalue weighted by molar-refractivity contribution is 5.60. The third-order valence-electron chi connectivity index (χ3n) is 2.88. The van der Waals surface area contributed by atoms with Crippen molar-refractivity contribution in [3.63, 3.8) is 0 Å². The van der Waals surface area contributed by atoms with Gasteiger partial charge in [-0.15, -0.1) is 0 Å². The first-order chi connectivity index (χ1) is 6.45. The standard InChI is InChI=1S/C12H12O/c1-3-9-6-7-12-11(10(9)4-1)5-2-8-13-12/h1,3-4,6-7,12H,2,5,8H2. The fraction of sp³-hybridized carbons (Fsp3) is 0.333. The topological polar surface area (TPSA) is 9.23 Å². The number of rotatable bonds is 0. The van der Waals surface area contributed by atoms with E-state index in [1.807, 2.05) is 0 Å². The maximum Gasteiger partial charge on any atom is 0.0978 e. The first-order valence-electron chi connectivity index (χ1n) is 4.87. The molecule has 3 aliphatic rings. The maximum atomic E-state index is 5.68. The molecule has 66 valence electrons. The summed E-state index contributed by atoms with van der Waals surface area (Å²) in [6, 6.07) is 0. The van der Waals surface area contributed by atoms with E-state index in [4.69, 9.17) is 4.74 Å². The molecule has 1 aliphatic heterocycles. The summed E-state index contributed by atoms with van der Waals surface area (Å²) in [7, 11) is 0. The van der Waals surface area contributed by atoms with E-state index in [0.717, 1.165) is 6.61 Å². The molecule has 0 aromatic rings. The largest absolute Gasteiger partial charge is 0.370 e. The smallest absolute Gasteiger partial charge is 0.0978 e. The summed E-state index contributed by atoms with van der Waals surface area (Å²) >= 11 is 0. The van der Waals surface area contributed by atoms with E-state index in [1.54, 1.807) is 0 Å². The Bertz CT molecular complexity index is 355. The Kier molecular flexibility index (Phi) is 1.53. The molecule has 1 heterocycles. The molecule has 1 atom stereocenters. The highest BCUT2D eigenvalue weighted by Crippen LogP contribution is 2.35. The van der Waals surface area contributed by atoms with Crippen molar-refractivity contribution >= 4 is 0 Å². The van der Waals surface area contributed by atoms with Crippen LogP contribution in [0, 0.1) is 0 Å². The Labute approximate surface area is 78.1 Å². The molecule has 3 rings (SSSR count). The first-order valence-corrected chi connectivity index (χ1v) is 4.87. The van der Waals surface area contributed by atoms with Gasteiger partial charge in [0.15, 0.2) is 0 Å². The molecule has 1 saturated heterocycles. The van der Waals surface area contributed by atoms with E-state index in [1.165, 1.54) is 29.6 Å². The fourth-order valence-corrected chi connectivity index (χ4v) is 2.24. The van der Waals surface area contributed by atoms with Crippen LogP contribution < -0.4 is 0 Å². The third-order valence-corrected chi connectivity index (χ3v) is 2.88. The summed E-state index contributed by atoms with van der Waals surface area (Å²) < 4.78 is 5.68. The molecule has 0 bridgehead atoms. The van der Waals surface area contributed by atoms with Gasteiger partial charge in [0.05, 0.1) is 6.10 Å². The Morgan fingerprint density at radius 1 is 1.31 bits per heavy atom. The average Bonchev–Trinajstić information content (AvgIpc) is 2.65. The Hall–Kier alpha value is -1.08. The lowest BCUT2D eigenvalue weighted by atomic mass is 9.88. The number of fused-ring (bicyclic) bond motifs is 2. The molecular weight excluding hydrogens is 160 g/mol. The lowest BCUT2D eigenvalue weighted by Crippen LogP contribution is -2.23. The predicted octanol–water partition coefficient (Wildman–Crippen LogP) is 2.53. The summed E-state index contributed by atoms with van der Waals surface area (Å²) in [4.78, 5) is 0. The van der Waals surface area contributed by atoms with Crippen molar-refractivity contribution in [3.05, 3.63) is 47.1 Å². The van der Waals surface area contributed by atoms with Crippen LogP contribution in [0.25, 0.3) is 0 Å². The molecular formula is C12H12O. The third kappa shape index (κ3) is 1.04. The zero-order valence-electron chi connectivity index (χ0n) is 7.49. The van der Waals surface area contributed by atoms with Gasteiger partial charge in [-0.2, -0.15) is 0 Å². The quantitative estimate of drug-likeness (QED) is 0.545. The molecule has 2 aliphatic carbocycles. The number of allylic oxidation sites excluding steroid dienone is 6. The molecule has 1 nitrogen and oxygen atoms in total. The van der Waals surface area contributed by atoms with Crippen LogP contribution in [0.1, 0.15) is 12.8 Å². The molecule has 1 unspecified atom stereocenters. The summed E-state index contributed by atoms with van der Waals surface area (Å²) in [5.41, 5.74) is 4.25. The maximum absolute atomic E-state index is 5.68. The number of ether oxygens (including phenoxy) is 1. The van der Waals surface area contributed by atoms with Crippen molar-refractivity contribution in [1.29, 1.82) is 0 Å². The van der Waals surface area contributed by atoms with Crippen LogP contribution in [0.15, 0.2) is 47.1 Å². The van der Waals surface area contributed by atoms with Gasteiger partial charge in [-0.3, -0.25) is 0 Å². The van der Waals surface area contributed by atoms with Crippen LogP contribution in [0.2, 0.25) is 0 Å². The predicted molar refractivity (Wildman–Crippen MR) is 52.4 cm³/mol. The highest BCUT2D eigenvalue weighted by Gasteiger charge is 2.24. The van der Waals surface area contributed by atoms with Gasteiger partial charge in [0.2, 0.25) is 0 Å².